The quantitative estimate of drug-likeness (QED) is 0.397. The first-order chi connectivity index (χ1) is 12.2. The standard InChI is InChI=1S/C18H32N4O2S/c1-4-23-11-5-8-20-18(19-3)21-14-16(17-7-6-15(2)25-17)22-9-12-24-13-10-22/h6-7,16H,4-5,8-14H2,1-3H3,(H2,19,20,21). The zero-order chi connectivity index (χ0) is 17.9. The summed E-state index contributed by atoms with van der Waals surface area (Å²) in [6, 6.07) is 4.80. The SMILES string of the molecule is CCOCCCNC(=NC)NCC(c1ccc(C)s1)N1CCOCC1. The lowest BCUT2D eigenvalue weighted by Crippen LogP contribution is -2.46. The van der Waals surface area contributed by atoms with Crippen LogP contribution < -0.4 is 10.6 Å². The Balaban J connectivity index is 1.87. The first kappa shape index (κ1) is 20.2. The molecule has 25 heavy (non-hydrogen) atoms. The highest BCUT2D eigenvalue weighted by Crippen LogP contribution is 2.27. The number of hydrogen-bond acceptors (Lipinski definition) is 5. The Bertz CT molecular complexity index is 515. The van der Waals surface area contributed by atoms with Crippen LogP contribution in [0.2, 0.25) is 0 Å². The summed E-state index contributed by atoms with van der Waals surface area (Å²) in [7, 11) is 1.82. The minimum atomic E-state index is 0.351. The summed E-state index contributed by atoms with van der Waals surface area (Å²) in [6.45, 7) is 11.0. The van der Waals surface area contributed by atoms with E-state index in [1.807, 2.05) is 25.3 Å². The second kappa shape index (κ2) is 11.5. The minimum Gasteiger partial charge on any atom is -0.382 e. The van der Waals surface area contributed by atoms with Gasteiger partial charge in [0.15, 0.2) is 5.96 Å². The van der Waals surface area contributed by atoms with E-state index in [0.29, 0.717) is 6.04 Å². The van der Waals surface area contributed by atoms with Crippen molar-refractivity contribution in [1.82, 2.24) is 15.5 Å². The first-order valence-corrected chi connectivity index (χ1v) is 9.96. The molecular weight excluding hydrogens is 336 g/mol. The van der Waals surface area contributed by atoms with Crippen molar-refractivity contribution < 1.29 is 9.47 Å². The van der Waals surface area contributed by atoms with Gasteiger partial charge in [0, 0.05) is 56.2 Å². The van der Waals surface area contributed by atoms with Gasteiger partial charge < -0.3 is 20.1 Å². The van der Waals surface area contributed by atoms with E-state index in [1.54, 1.807) is 0 Å². The second-order valence-corrected chi connectivity index (χ2v) is 7.36. The van der Waals surface area contributed by atoms with E-state index in [2.05, 4.69) is 39.6 Å². The van der Waals surface area contributed by atoms with Crippen LogP contribution in [-0.4, -0.2) is 70.5 Å². The van der Waals surface area contributed by atoms with E-state index in [-0.39, 0.29) is 0 Å². The number of morpholine rings is 1. The Kier molecular flexibility index (Phi) is 9.25. The van der Waals surface area contributed by atoms with E-state index in [9.17, 15) is 0 Å². The molecule has 1 fully saturated rings. The summed E-state index contributed by atoms with van der Waals surface area (Å²) in [5.74, 6) is 0.850. The molecule has 0 aromatic carbocycles. The lowest BCUT2D eigenvalue weighted by molar-refractivity contribution is 0.0177. The van der Waals surface area contributed by atoms with E-state index in [0.717, 1.165) is 65.0 Å². The van der Waals surface area contributed by atoms with E-state index in [4.69, 9.17) is 9.47 Å². The van der Waals surface area contributed by atoms with Crippen LogP contribution in [0.25, 0.3) is 0 Å². The molecule has 0 bridgehead atoms. The number of rotatable bonds is 9. The van der Waals surface area contributed by atoms with Gasteiger partial charge in [0.2, 0.25) is 0 Å². The normalized spacial score (nSPS) is 17.5. The number of aliphatic imine (C=N–C) groups is 1. The van der Waals surface area contributed by atoms with Crippen molar-refractivity contribution in [2.75, 3.05) is 59.7 Å². The molecule has 0 saturated carbocycles. The molecule has 0 radical (unpaired) electrons. The highest BCUT2D eigenvalue weighted by molar-refractivity contribution is 7.12. The number of hydrogen-bond donors (Lipinski definition) is 2. The number of aryl methyl sites for hydroxylation is 1. The molecule has 6 nitrogen and oxygen atoms in total. The molecule has 0 aliphatic carbocycles. The maximum Gasteiger partial charge on any atom is 0.191 e. The second-order valence-electron chi connectivity index (χ2n) is 6.04. The Morgan fingerprint density at radius 1 is 1.36 bits per heavy atom. The summed E-state index contributed by atoms with van der Waals surface area (Å²) in [5.41, 5.74) is 0. The number of nitrogens with one attached hydrogen (secondary N) is 2. The molecule has 7 heteroatoms. The lowest BCUT2D eigenvalue weighted by Gasteiger charge is -2.34. The number of thiophene rings is 1. The number of guanidine groups is 1. The maximum absolute atomic E-state index is 5.52. The minimum absolute atomic E-state index is 0.351. The van der Waals surface area contributed by atoms with Crippen LogP contribution in [0.4, 0.5) is 0 Å². The summed E-state index contributed by atoms with van der Waals surface area (Å²) >= 11 is 1.88. The molecule has 0 spiro atoms. The highest BCUT2D eigenvalue weighted by atomic mass is 32.1. The van der Waals surface area contributed by atoms with Crippen LogP contribution in [0, 0.1) is 6.92 Å². The van der Waals surface area contributed by atoms with Gasteiger partial charge in [0.25, 0.3) is 0 Å². The average Bonchev–Trinajstić information content (AvgIpc) is 3.07. The third-order valence-corrected chi connectivity index (χ3v) is 5.33. The molecule has 1 aliphatic heterocycles. The topological polar surface area (TPSA) is 58.1 Å². The Hall–Kier alpha value is -1.15. The molecule has 0 amide bonds. The largest absolute Gasteiger partial charge is 0.382 e. The van der Waals surface area contributed by atoms with Gasteiger partial charge in [0.1, 0.15) is 0 Å². The van der Waals surface area contributed by atoms with Gasteiger partial charge in [0.05, 0.1) is 19.3 Å². The van der Waals surface area contributed by atoms with Crippen LogP contribution >= 0.6 is 11.3 Å². The number of ether oxygens (including phenoxy) is 2. The molecule has 2 rings (SSSR count). The Labute approximate surface area is 155 Å². The molecule has 1 aromatic heterocycles. The molecule has 1 unspecified atom stereocenters. The van der Waals surface area contributed by atoms with Gasteiger partial charge in [-0.05, 0) is 32.4 Å². The molecular formula is C18H32N4O2S. The molecule has 2 heterocycles. The fourth-order valence-corrected chi connectivity index (χ4v) is 3.88. The highest BCUT2D eigenvalue weighted by Gasteiger charge is 2.24. The van der Waals surface area contributed by atoms with E-state index in [1.165, 1.54) is 9.75 Å². The lowest BCUT2D eigenvalue weighted by atomic mass is 10.2. The van der Waals surface area contributed by atoms with Gasteiger partial charge in [-0.3, -0.25) is 9.89 Å². The van der Waals surface area contributed by atoms with Crippen LogP contribution in [-0.2, 0) is 9.47 Å². The summed E-state index contributed by atoms with van der Waals surface area (Å²) < 4.78 is 10.9. The Morgan fingerprint density at radius 3 is 2.80 bits per heavy atom. The predicted molar refractivity (Wildman–Crippen MR) is 105 cm³/mol. The molecule has 1 aromatic rings. The zero-order valence-electron chi connectivity index (χ0n) is 15.7. The van der Waals surface area contributed by atoms with Gasteiger partial charge in [-0.25, -0.2) is 0 Å². The molecule has 2 N–H and O–H groups in total. The van der Waals surface area contributed by atoms with Crippen molar-refractivity contribution in [2.45, 2.75) is 26.3 Å². The fraction of sp³-hybridized carbons (Fsp3) is 0.722. The third kappa shape index (κ3) is 6.93. The molecule has 1 aliphatic rings. The number of nitrogens with zero attached hydrogens (tertiary/aromatic N) is 2. The smallest absolute Gasteiger partial charge is 0.191 e. The summed E-state index contributed by atoms with van der Waals surface area (Å²) in [4.78, 5) is 9.59. The zero-order valence-corrected chi connectivity index (χ0v) is 16.5. The Morgan fingerprint density at radius 2 is 2.16 bits per heavy atom. The van der Waals surface area contributed by atoms with Crippen molar-refractivity contribution in [1.29, 1.82) is 0 Å². The van der Waals surface area contributed by atoms with Crippen molar-refractivity contribution in [3.05, 3.63) is 21.9 Å². The van der Waals surface area contributed by atoms with Gasteiger partial charge in [-0.15, -0.1) is 11.3 Å². The van der Waals surface area contributed by atoms with Crippen LogP contribution in [0.1, 0.15) is 29.1 Å². The third-order valence-electron chi connectivity index (χ3n) is 4.22. The molecule has 1 atom stereocenters. The van der Waals surface area contributed by atoms with E-state index < -0.39 is 0 Å². The average molecular weight is 369 g/mol. The first-order valence-electron chi connectivity index (χ1n) is 9.15. The van der Waals surface area contributed by atoms with Crippen LogP contribution in [0.15, 0.2) is 17.1 Å². The van der Waals surface area contributed by atoms with Gasteiger partial charge in [-0.1, -0.05) is 0 Å². The fourth-order valence-electron chi connectivity index (χ4n) is 2.87. The summed E-state index contributed by atoms with van der Waals surface area (Å²) in [5, 5.41) is 6.85. The van der Waals surface area contributed by atoms with E-state index >= 15 is 0 Å². The molecule has 142 valence electrons. The van der Waals surface area contributed by atoms with Gasteiger partial charge >= 0.3 is 0 Å². The molecule has 1 saturated heterocycles. The summed E-state index contributed by atoms with van der Waals surface area (Å²) in [6.07, 6.45) is 0.978. The monoisotopic (exact) mass is 368 g/mol. The van der Waals surface area contributed by atoms with Crippen molar-refractivity contribution >= 4 is 17.3 Å². The van der Waals surface area contributed by atoms with Crippen LogP contribution in [0.3, 0.4) is 0 Å². The maximum atomic E-state index is 5.52. The van der Waals surface area contributed by atoms with Crippen molar-refractivity contribution in [3.63, 3.8) is 0 Å². The predicted octanol–water partition coefficient (Wildman–Crippen LogP) is 2.02. The van der Waals surface area contributed by atoms with Crippen molar-refractivity contribution in [3.8, 4) is 0 Å². The van der Waals surface area contributed by atoms with Gasteiger partial charge in [-0.2, -0.15) is 0 Å². The van der Waals surface area contributed by atoms with Crippen LogP contribution in [0.5, 0.6) is 0 Å². The van der Waals surface area contributed by atoms with Crippen molar-refractivity contribution in [2.24, 2.45) is 4.99 Å².